The minimum Gasteiger partial charge on any atom is -0.355 e. The highest BCUT2D eigenvalue weighted by Crippen LogP contribution is 2.26. The molecule has 0 aliphatic rings. The SMILES string of the molecule is CCNC(=O)[C@@H](Cc1ccccc1)N(Cc1ccc(Cl)cc1)C(=O)CN(c1ccc(C)cc1)S(=O)(=O)c1ccc(Cl)cc1. The number of hydrogen-bond donors (Lipinski definition) is 1. The summed E-state index contributed by atoms with van der Waals surface area (Å²) in [5.74, 6) is -0.878. The fourth-order valence-corrected chi connectivity index (χ4v) is 6.27. The minimum atomic E-state index is -4.20. The summed E-state index contributed by atoms with van der Waals surface area (Å²) in [6, 6.07) is 28.1. The first-order chi connectivity index (χ1) is 20.6. The molecule has 4 aromatic carbocycles. The summed E-state index contributed by atoms with van der Waals surface area (Å²) in [4.78, 5) is 29.3. The Hall–Kier alpha value is -3.85. The Kier molecular flexibility index (Phi) is 10.9. The zero-order chi connectivity index (χ0) is 31.0. The third-order valence-electron chi connectivity index (χ3n) is 6.89. The van der Waals surface area contributed by atoms with Gasteiger partial charge >= 0.3 is 0 Å². The Bertz CT molecular complexity index is 1630. The van der Waals surface area contributed by atoms with Crippen LogP contribution in [-0.2, 0) is 32.6 Å². The van der Waals surface area contributed by atoms with Gasteiger partial charge in [0, 0.05) is 29.6 Å². The molecule has 0 saturated carbocycles. The number of hydrogen-bond acceptors (Lipinski definition) is 4. The van der Waals surface area contributed by atoms with E-state index in [1.807, 2.05) is 37.3 Å². The summed E-state index contributed by atoms with van der Waals surface area (Å²) >= 11 is 12.1. The number of nitrogens with one attached hydrogen (secondary N) is 1. The number of rotatable bonds is 12. The maximum atomic E-state index is 14.3. The Morgan fingerprint density at radius 1 is 0.791 bits per heavy atom. The van der Waals surface area contributed by atoms with E-state index < -0.39 is 28.5 Å². The lowest BCUT2D eigenvalue weighted by Crippen LogP contribution is -2.53. The molecular weight excluding hydrogens is 605 g/mol. The van der Waals surface area contributed by atoms with E-state index in [4.69, 9.17) is 23.2 Å². The second-order valence-corrected chi connectivity index (χ2v) is 12.8. The second kappa shape index (κ2) is 14.6. The van der Waals surface area contributed by atoms with Gasteiger partial charge in [0.25, 0.3) is 10.0 Å². The molecule has 0 saturated heterocycles. The lowest BCUT2D eigenvalue weighted by molar-refractivity contribution is -0.140. The molecule has 0 fully saturated rings. The van der Waals surface area contributed by atoms with Crippen molar-refractivity contribution in [2.24, 2.45) is 0 Å². The largest absolute Gasteiger partial charge is 0.355 e. The molecule has 1 atom stereocenters. The summed E-state index contributed by atoms with van der Waals surface area (Å²) in [5.41, 5.74) is 2.85. The van der Waals surface area contributed by atoms with Gasteiger partial charge < -0.3 is 10.2 Å². The molecule has 0 aliphatic carbocycles. The van der Waals surface area contributed by atoms with Gasteiger partial charge in [-0.15, -0.1) is 0 Å². The van der Waals surface area contributed by atoms with E-state index in [0.717, 1.165) is 21.0 Å². The molecule has 2 amide bonds. The van der Waals surface area contributed by atoms with Gasteiger partial charge in [0.15, 0.2) is 0 Å². The molecule has 0 radical (unpaired) electrons. The van der Waals surface area contributed by atoms with Crippen molar-refractivity contribution in [3.8, 4) is 0 Å². The van der Waals surface area contributed by atoms with Crippen LogP contribution >= 0.6 is 23.2 Å². The Labute approximate surface area is 263 Å². The van der Waals surface area contributed by atoms with E-state index in [-0.39, 0.29) is 23.8 Å². The number of sulfonamides is 1. The summed E-state index contributed by atoms with van der Waals surface area (Å²) < 4.78 is 29.1. The highest BCUT2D eigenvalue weighted by Gasteiger charge is 2.34. The zero-order valence-electron chi connectivity index (χ0n) is 23.9. The lowest BCUT2D eigenvalue weighted by atomic mass is 10.0. The van der Waals surface area contributed by atoms with Crippen molar-refractivity contribution in [2.75, 3.05) is 17.4 Å². The molecule has 0 aliphatic heterocycles. The molecule has 224 valence electrons. The van der Waals surface area contributed by atoms with Gasteiger partial charge in [0.1, 0.15) is 12.6 Å². The normalized spacial score (nSPS) is 11.9. The number of likely N-dealkylation sites (N-methyl/N-ethyl adjacent to an activating group) is 1. The van der Waals surface area contributed by atoms with Crippen molar-refractivity contribution in [1.82, 2.24) is 10.2 Å². The molecule has 7 nitrogen and oxygen atoms in total. The van der Waals surface area contributed by atoms with Gasteiger partial charge in [0.2, 0.25) is 11.8 Å². The quantitative estimate of drug-likeness (QED) is 0.198. The molecule has 10 heteroatoms. The third-order valence-corrected chi connectivity index (χ3v) is 9.18. The molecule has 43 heavy (non-hydrogen) atoms. The van der Waals surface area contributed by atoms with Crippen molar-refractivity contribution in [3.05, 3.63) is 130 Å². The van der Waals surface area contributed by atoms with E-state index in [9.17, 15) is 18.0 Å². The van der Waals surface area contributed by atoms with Crippen LogP contribution < -0.4 is 9.62 Å². The van der Waals surface area contributed by atoms with Crippen molar-refractivity contribution in [3.63, 3.8) is 0 Å². The van der Waals surface area contributed by atoms with Gasteiger partial charge in [-0.25, -0.2) is 8.42 Å². The molecule has 1 N–H and O–H groups in total. The van der Waals surface area contributed by atoms with Crippen molar-refractivity contribution in [1.29, 1.82) is 0 Å². The number of carbonyl (C=O) groups is 2. The molecule has 0 heterocycles. The van der Waals surface area contributed by atoms with Crippen LogP contribution in [0.25, 0.3) is 0 Å². The molecule has 0 unspecified atom stereocenters. The number of nitrogens with zero attached hydrogens (tertiary/aromatic N) is 2. The van der Waals surface area contributed by atoms with Gasteiger partial charge in [0.05, 0.1) is 10.6 Å². The monoisotopic (exact) mass is 637 g/mol. The molecule has 4 aromatic rings. The summed E-state index contributed by atoms with van der Waals surface area (Å²) in [5, 5.41) is 3.77. The van der Waals surface area contributed by atoms with Gasteiger partial charge in [-0.1, -0.05) is 83.4 Å². The van der Waals surface area contributed by atoms with Crippen LogP contribution in [0.2, 0.25) is 10.0 Å². The number of benzene rings is 4. The molecule has 0 aromatic heterocycles. The number of anilines is 1. The summed E-state index contributed by atoms with van der Waals surface area (Å²) in [6.45, 7) is 3.59. The average Bonchev–Trinajstić information content (AvgIpc) is 3.00. The molecule has 0 spiro atoms. The van der Waals surface area contributed by atoms with E-state index in [0.29, 0.717) is 22.3 Å². The number of halogens is 2. The highest BCUT2D eigenvalue weighted by atomic mass is 35.5. The standard InChI is InChI=1S/C33H33Cl2N3O4S/c1-3-36-33(40)31(21-25-7-5-4-6-8-25)37(22-26-11-13-27(34)14-12-26)32(39)23-38(29-17-9-24(2)10-18-29)43(41,42)30-19-15-28(35)16-20-30/h4-20,31H,3,21-23H2,1-2H3,(H,36,40)/t31-/m1/s1. The predicted molar refractivity (Wildman–Crippen MR) is 172 cm³/mol. The molecule has 4 rings (SSSR count). The number of amides is 2. The van der Waals surface area contributed by atoms with Crippen LogP contribution in [0.3, 0.4) is 0 Å². The third kappa shape index (κ3) is 8.38. The van der Waals surface area contributed by atoms with Crippen LogP contribution in [-0.4, -0.2) is 44.3 Å². The van der Waals surface area contributed by atoms with Crippen LogP contribution in [0.4, 0.5) is 5.69 Å². The van der Waals surface area contributed by atoms with Crippen LogP contribution in [0, 0.1) is 6.92 Å². The van der Waals surface area contributed by atoms with E-state index in [1.165, 1.54) is 29.2 Å². The second-order valence-electron chi connectivity index (χ2n) is 10.0. The Morgan fingerprint density at radius 2 is 1.37 bits per heavy atom. The topological polar surface area (TPSA) is 86.8 Å². The fourth-order valence-electron chi connectivity index (χ4n) is 4.61. The zero-order valence-corrected chi connectivity index (χ0v) is 26.2. The minimum absolute atomic E-state index is 0.0147. The first kappa shape index (κ1) is 32.1. The van der Waals surface area contributed by atoms with Crippen LogP contribution in [0.15, 0.2) is 108 Å². The van der Waals surface area contributed by atoms with Gasteiger partial charge in [-0.2, -0.15) is 0 Å². The Balaban J connectivity index is 1.78. The maximum absolute atomic E-state index is 14.3. The lowest BCUT2D eigenvalue weighted by Gasteiger charge is -2.34. The number of aryl methyl sites for hydroxylation is 1. The fraction of sp³-hybridized carbons (Fsp3) is 0.212. The van der Waals surface area contributed by atoms with Crippen molar-refractivity contribution < 1.29 is 18.0 Å². The maximum Gasteiger partial charge on any atom is 0.264 e. The average molecular weight is 639 g/mol. The van der Waals surface area contributed by atoms with Crippen LogP contribution in [0.1, 0.15) is 23.6 Å². The predicted octanol–water partition coefficient (Wildman–Crippen LogP) is 6.27. The summed E-state index contributed by atoms with van der Waals surface area (Å²) in [7, 11) is -4.20. The number of carbonyl (C=O) groups excluding carboxylic acids is 2. The first-order valence-electron chi connectivity index (χ1n) is 13.8. The summed E-state index contributed by atoms with van der Waals surface area (Å²) in [6.07, 6.45) is 0.237. The van der Waals surface area contributed by atoms with Gasteiger partial charge in [-0.05, 0) is 73.5 Å². The molecule has 0 bridgehead atoms. The Morgan fingerprint density at radius 3 is 1.95 bits per heavy atom. The van der Waals surface area contributed by atoms with Crippen molar-refractivity contribution in [2.45, 2.75) is 37.8 Å². The van der Waals surface area contributed by atoms with E-state index >= 15 is 0 Å². The van der Waals surface area contributed by atoms with Crippen LogP contribution in [0.5, 0.6) is 0 Å². The smallest absolute Gasteiger partial charge is 0.264 e. The van der Waals surface area contributed by atoms with Gasteiger partial charge in [-0.3, -0.25) is 13.9 Å². The first-order valence-corrected chi connectivity index (χ1v) is 16.0. The van der Waals surface area contributed by atoms with E-state index in [1.54, 1.807) is 55.5 Å². The van der Waals surface area contributed by atoms with Crippen molar-refractivity contribution >= 4 is 50.7 Å². The molecular formula is C33H33Cl2N3O4S. The van der Waals surface area contributed by atoms with E-state index in [2.05, 4.69) is 5.32 Å². The highest BCUT2D eigenvalue weighted by molar-refractivity contribution is 7.92.